The number of likely N-dealkylation sites (tertiary alicyclic amines) is 1. The molecule has 3 aromatic carbocycles. The number of hydrogen-bond acceptors (Lipinski definition) is 6. The number of fused-ring (bicyclic) bond motifs is 6. The van der Waals surface area contributed by atoms with Crippen molar-refractivity contribution in [3.05, 3.63) is 88.9 Å². The van der Waals surface area contributed by atoms with E-state index < -0.39 is 6.04 Å². The van der Waals surface area contributed by atoms with Crippen molar-refractivity contribution in [1.82, 2.24) is 20.5 Å². The van der Waals surface area contributed by atoms with Crippen LogP contribution in [0.25, 0.3) is 10.9 Å². The second kappa shape index (κ2) is 13.6. The number of aryl methyl sites for hydroxylation is 1. The zero-order chi connectivity index (χ0) is 32.2. The third-order valence-corrected chi connectivity index (χ3v) is 8.52. The largest absolute Gasteiger partial charge is 0.497 e. The number of carbonyl (C=O) groups excluding carboxylic acids is 3. The van der Waals surface area contributed by atoms with E-state index in [1.165, 1.54) is 13.2 Å². The van der Waals surface area contributed by atoms with E-state index in [0.29, 0.717) is 59.6 Å². The van der Waals surface area contributed by atoms with Crippen LogP contribution in [0, 0.1) is 12.7 Å². The van der Waals surface area contributed by atoms with Crippen molar-refractivity contribution < 1.29 is 33.0 Å². The summed E-state index contributed by atoms with van der Waals surface area (Å²) in [4.78, 5) is 44.4. The highest BCUT2D eigenvalue weighted by molar-refractivity contribution is 5.95. The average Bonchev–Trinajstić information content (AvgIpc) is 3.37. The van der Waals surface area contributed by atoms with Gasteiger partial charge in [-0.3, -0.25) is 14.4 Å². The summed E-state index contributed by atoms with van der Waals surface area (Å²) in [5.41, 5.74) is 3.15. The Morgan fingerprint density at radius 2 is 1.93 bits per heavy atom. The Morgan fingerprint density at radius 1 is 1.09 bits per heavy atom. The highest BCUT2D eigenvalue weighted by Crippen LogP contribution is 2.29. The molecule has 2 aliphatic rings. The van der Waals surface area contributed by atoms with Crippen molar-refractivity contribution in [2.75, 3.05) is 26.7 Å². The predicted molar refractivity (Wildman–Crippen MR) is 169 cm³/mol. The van der Waals surface area contributed by atoms with Crippen molar-refractivity contribution in [2.45, 2.75) is 51.4 Å². The first-order valence-electron chi connectivity index (χ1n) is 15.5. The smallest absolute Gasteiger partial charge is 0.251 e. The average molecular weight is 629 g/mol. The third kappa shape index (κ3) is 6.99. The fourth-order valence-electron chi connectivity index (χ4n) is 6.10. The maximum atomic E-state index is 14.4. The van der Waals surface area contributed by atoms with Crippen LogP contribution in [0.2, 0.25) is 0 Å². The van der Waals surface area contributed by atoms with Crippen LogP contribution in [0.3, 0.4) is 0 Å². The summed E-state index contributed by atoms with van der Waals surface area (Å²) in [5.74, 6) is 0.549. The van der Waals surface area contributed by atoms with Gasteiger partial charge >= 0.3 is 0 Å². The molecule has 0 aliphatic carbocycles. The Bertz CT molecular complexity index is 1770. The Kier molecular flexibility index (Phi) is 9.20. The lowest BCUT2D eigenvalue weighted by atomic mass is 9.99. The van der Waals surface area contributed by atoms with Crippen molar-refractivity contribution >= 4 is 28.6 Å². The molecule has 2 atom stereocenters. The topological polar surface area (TPSA) is 122 Å². The number of benzene rings is 3. The SMILES string of the molecule is COc1cc2cc(c1)C(=O)NCCCC(=O)N[C@H]1CN(C(=O)Cc3c(C)[nH]c4c(F)cccc34)CC[C@@H]1OCc1cccc(c1)O2. The number of hydrogen-bond donors (Lipinski definition) is 3. The minimum atomic E-state index is -0.438. The molecule has 1 fully saturated rings. The molecular formula is C35H37FN4O6. The molecular weight excluding hydrogens is 591 g/mol. The van der Waals surface area contributed by atoms with Gasteiger partial charge in [0.05, 0.1) is 37.8 Å². The molecule has 1 aromatic heterocycles. The van der Waals surface area contributed by atoms with E-state index in [4.69, 9.17) is 14.2 Å². The van der Waals surface area contributed by atoms with Gasteiger partial charge in [0, 0.05) is 48.8 Å². The number of ether oxygens (including phenoxy) is 3. The monoisotopic (exact) mass is 628 g/mol. The summed E-state index contributed by atoms with van der Waals surface area (Å²) in [6.45, 7) is 3.14. The van der Waals surface area contributed by atoms with Gasteiger partial charge in [0.25, 0.3) is 5.91 Å². The molecule has 6 rings (SSSR count). The van der Waals surface area contributed by atoms with E-state index in [9.17, 15) is 18.8 Å². The van der Waals surface area contributed by atoms with E-state index in [-0.39, 0.29) is 55.6 Å². The second-order valence-corrected chi connectivity index (χ2v) is 11.7. The van der Waals surface area contributed by atoms with Gasteiger partial charge in [-0.15, -0.1) is 0 Å². The van der Waals surface area contributed by atoms with Crippen LogP contribution in [-0.2, 0) is 27.4 Å². The van der Waals surface area contributed by atoms with Crippen molar-refractivity contribution in [2.24, 2.45) is 0 Å². The van der Waals surface area contributed by atoms with Gasteiger partial charge in [-0.25, -0.2) is 4.39 Å². The van der Waals surface area contributed by atoms with Crippen LogP contribution in [0.1, 0.15) is 46.4 Å². The Hall–Kier alpha value is -4.90. The second-order valence-electron chi connectivity index (χ2n) is 11.7. The van der Waals surface area contributed by atoms with Gasteiger partial charge in [-0.2, -0.15) is 0 Å². The van der Waals surface area contributed by atoms with Crippen LogP contribution in [-0.4, -0.2) is 66.5 Å². The maximum Gasteiger partial charge on any atom is 0.251 e. The first-order valence-corrected chi connectivity index (χ1v) is 15.5. The number of amides is 3. The van der Waals surface area contributed by atoms with Crippen LogP contribution >= 0.6 is 0 Å². The van der Waals surface area contributed by atoms with E-state index in [1.807, 2.05) is 37.3 Å². The van der Waals surface area contributed by atoms with Gasteiger partial charge < -0.3 is 34.7 Å². The number of para-hydroxylation sites is 1. The molecule has 0 spiro atoms. The fraction of sp³-hybridized carbons (Fsp3) is 0.343. The molecule has 3 amide bonds. The number of nitrogens with one attached hydrogen (secondary N) is 3. The maximum absolute atomic E-state index is 14.4. The lowest BCUT2D eigenvalue weighted by molar-refractivity contribution is -0.136. The number of rotatable bonds is 3. The zero-order valence-corrected chi connectivity index (χ0v) is 25.9. The number of H-pyrrole nitrogens is 1. The summed E-state index contributed by atoms with van der Waals surface area (Å²) in [7, 11) is 1.52. The number of halogens is 1. The van der Waals surface area contributed by atoms with Crippen molar-refractivity contribution in [3.63, 3.8) is 0 Å². The fourth-order valence-corrected chi connectivity index (χ4v) is 6.10. The van der Waals surface area contributed by atoms with Gasteiger partial charge in [0.15, 0.2) is 0 Å². The third-order valence-electron chi connectivity index (χ3n) is 8.52. The molecule has 10 nitrogen and oxygen atoms in total. The molecule has 0 radical (unpaired) electrons. The Balaban J connectivity index is 1.20. The summed E-state index contributed by atoms with van der Waals surface area (Å²) in [6, 6.07) is 16.9. The Labute approximate surface area is 266 Å². The van der Waals surface area contributed by atoms with Gasteiger partial charge in [-0.05, 0) is 61.2 Å². The number of piperidine rings is 1. The van der Waals surface area contributed by atoms with E-state index in [0.717, 1.165) is 16.8 Å². The number of methoxy groups -OCH3 is 1. The summed E-state index contributed by atoms with van der Waals surface area (Å²) >= 11 is 0. The normalized spacial score (nSPS) is 19.2. The van der Waals surface area contributed by atoms with E-state index >= 15 is 0 Å². The first-order chi connectivity index (χ1) is 22.3. The van der Waals surface area contributed by atoms with Crippen LogP contribution in [0.4, 0.5) is 4.39 Å². The molecule has 3 heterocycles. The molecule has 0 unspecified atom stereocenters. The molecule has 2 aliphatic heterocycles. The molecule has 4 aromatic rings. The van der Waals surface area contributed by atoms with Crippen LogP contribution in [0.5, 0.6) is 17.2 Å². The van der Waals surface area contributed by atoms with Crippen molar-refractivity contribution in [1.29, 1.82) is 0 Å². The predicted octanol–water partition coefficient (Wildman–Crippen LogP) is 4.78. The highest BCUT2D eigenvalue weighted by atomic mass is 19.1. The quantitative estimate of drug-likeness (QED) is 0.300. The highest BCUT2D eigenvalue weighted by Gasteiger charge is 2.33. The first kappa shape index (κ1) is 31.1. The number of aromatic amines is 1. The molecule has 4 bridgehead atoms. The molecule has 3 N–H and O–H groups in total. The van der Waals surface area contributed by atoms with Crippen LogP contribution < -0.4 is 20.1 Å². The standard InChI is InChI=1S/C35H37FN4O6/c1-21-28(27-8-4-9-29(36)34(27)38-21)18-33(42)40-13-11-31-30(19-40)39-32(41)10-5-12-37-35(43)23-15-25(44-2)17-26(16-23)46-24-7-3-6-22(14-24)20-45-31/h3-4,6-9,14-17,30-31,38H,5,10-13,18-20H2,1-2H3,(H,37,43)(H,39,41)/t30-,31-/m0/s1. The van der Waals surface area contributed by atoms with Gasteiger partial charge in [0.1, 0.15) is 23.1 Å². The summed E-state index contributed by atoms with van der Waals surface area (Å²) in [6.07, 6.45) is 0.915. The van der Waals surface area contributed by atoms with Crippen LogP contribution in [0.15, 0.2) is 60.7 Å². The molecule has 46 heavy (non-hydrogen) atoms. The molecule has 240 valence electrons. The lowest BCUT2D eigenvalue weighted by Crippen LogP contribution is -2.57. The summed E-state index contributed by atoms with van der Waals surface area (Å²) < 4.78 is 32.2. The molecule has 0 saturated carbocycles. The number of aromatic nitrogens is 1. The zero-order valence-electron chi connectivity index (χ0n) is 25.9. The molecule has 11 heteroatoms. The number of nitrogens with zero attached hydrogens (tertiary/aromatic N) is 1. The Morgan fingerprint density at radius 3 is 2.78 bits per heavy atom. The lowest BCUT2D eigenvalue weighted by Gasteiger charge is -2.39. The minimum Gasteiger partial charge on any atom is -0.497 e. The van der Waals surface area contributed by atoms with Gasteiger partial charge in [0.2, 0.25) is 11.8 Å². The molecule has 1 saturated heterocycles. The summed E-state index contributed by atoms with van der Waals surface area (Å²) in [5, 5.41) is 6.64. The minimum absolute atomic E-state index is 0.104. The van der Waals surface area contributed by atoms with Crippen molar-refractivity contribution in [3.8, 4) is 17.2 Å². The van der Waals surface area contributed by atoms with E-state index in [2.05, 4.69) is 15.6 Å². The van der Waals surface area contributed by atoms with E-state index in [1.54, 1.807) is 29.2 Å². The number of carbonyl (C=O) groups is 3. The van der Waals surface area contributed by atoms with Gasteiger partial charge in [-0.1, -0.05) is 24.3 Å².